The third kappa shape index (κ3) is 4.60. The largest absolute Gasteiger partial charge is 0.481 e. The van der Waals surface area contributed by atoms with Gasteiger partial charge in [-0.2, -0.15) is 0 Å². The summed E-state index contributed by atoms with van der Waals surface area (Å²) in [6, 6.07) is 3.73. The van der Waals surface area contributed by atoms with E-state index in [1.165, 1.54) is 6.33 Å². The Balaban J connectivity index is 1.36. The van der Waals surface area contributed by atoms with Crippen LogP contribution < -0.4 is 10.1 Å². The van der Waals surface area contributed by atoms with Crippen LogP contribution in [-0.2, 0) is 29.1 Å². The molecule has 30 heavy (non-hydrogen) atoms. The number of aromatic nitrogens is 6. The molecule has 0 radical (unpaired) electrons. The number of methoxy groups -OCH3 is 1. The summed E-state index contributed by atoms with van der Waals surface area (Å²) >= 11 is 0. The first-order valence-electron chi connectivity index (χ1n) is 9.74. The van der Waals surface area contributed by atoms with Crippen LogP contribution in [0, 0.1) is 5.92 Å². The van der Waals surface area contributed by atoms with Crippen molar-refractivity contribution in [3.05, 3.63) is 48.3 Å². The summed E-state index contributed by atoms with van der Waals surface area (Å²) in [6.07, 6.45) is 7.59. The number of nitrogens with zero attached hydrogens (tertiary/aromatic N) is 6. The molecule has 0 aliphatic carbocycles. The van der Waals surface area contributed by atoms with Gasteiger partial charge in [0.1, 0.15) is 12.0 Å². The zero-order valence-corrected chi connectivity index (χ0v) is 16.7. The van der Waals surface area contributed by atoms with Crippen molar-refractivity contribution in [1.82, 2.24) is 35.3 Å². The maximum atomic E-state index is 12.2. The SMILES string of the molecule is COc1ncccc1-c1nnn2c1COC[C@@H](CNC(=O)CCc1cncnc1)C2. The van der Waals surface area contributed by atoms with E-state index < -0.39 is 0 Å². The molecule has 1 N–H and O–H groups in total. The molecule has 0 aromatic carbocycles. The number of hydrogen-bond donors (Lipinski definition) is 1. The molecule has 0 fully saturated rings. The zero-order valence-electron chi connectivity index (χ0n) is 16.7. The molecule has 156 valence electrons. The molecule has 0 bridgehead atoms. The number of carbonyl (C=O) groups is 1. The van der Waals surface area contributed by atoms with Gasteiger partial charge < -0.3 is 14.8 Å². The van der Waals surface area contributed by atoms with Gasteiger partial charge in [0.15, 0.2) is 0 Å². The fourth-order valence-corrected chi connectivity index (χ4v) is 3.37. The van der Waals surface area contributed by atoms with Crippen molar-refractivity contribution in [3.8, 4) is 17.1 Å². The van der Waals surface area contributed by atoms with Crippen molar-refractivity contribution in [2.24, 2.45) is 5.92 Å². The first kappa shape index (κ1) is 19.9. The van der Waals surface area contributed by atoms with Crippen LogP contribution in [0.4, 0.5) is 0 Å². The van der Waals surface area contributed by atoms with Crippen LogP contribution in [0.5, 0.6) is 5.88 Å². The van der Waals surface area contributed by atoms with Crippen molar-refractivity contribution >= 4 is 5.91 Å². The first-order chi connectivity index (χ1) is 14.7. The number of amides is 1. The van der Waals surface area contributed by atoms with Gasteiger partial charge in [-0.05, 0) is 24.1 Å². The van der Waals surface area contributed by atoms with Gasteiger partial charge in [-0.1, -0.05) is 5.21 Å². The highest BCUT2D eigenvalue weighted by molar-refractivity contribution is 5.76. The van der Waals surface area contributed by atoms with E-state index in [0.29, 0.717) is 50.7 Å². The average molecular weight is 409 g/mol. The van der Waals surface area contributed by atoms with Crippen LogP contribution in [0.25, 0.3) is 11.3 Å². The van der Waals surface area contributed by atoms with Crippen molar-refractivity contribution in [3.63, 3.8) is 0 Å². The highest BCUT2D eigenvalue weighted by Crippen LogP contribution is 2.30. The molecule has 0 saturated heterocycles. The fraction of sp³-hybridized carbons (Fsp3) is 0.400. The van der Waals surface area contributed by atoms with E-state index in [1.54, 1.807) is 25.7 Å². The Kier molecular flexibility index (Phi) is 6.23. The lowest BCUT2D eigenvalue weighted by atomic mass is 10.1. The maximum absolute atomic E-state index is 12.2. The zero-order chi connectivity index (χ0) is 20.8. The number of fused-ring (bicyclic) bond motifs is 1. The number of ether oxygens (including phenoxy) is 2. The van der Waals surface area contributed by atoms with E-state index in [0.717, 1.165) is 16.8 Å². The Bertz CT molecular complexity index is 993. The summed E-state index contributed by atoms with van der Waals surface area (Å²) in [5.41, 5.74) is 3.30. The van der Waals surface area contributed by atoms with Gasteiger partial charge in [-0.3, -0.25) is 4.79 Å². The summed E-state index contributed by atoms with van der Waals surface area (Å²) in [7, 11) is 1.58. The van der Waals surface area contributed by atoms with Crippen molar-refractivity contribution < 1.29 is 14.3 Å². The Morgan fingerprint density at radius 1 is 1.37 bits per heavy atom. The second-order valence-electron chi connectivity index (χ2n) is 7.06. The van der Waals surface area contributed by atoms with E-state index in [2.05, 4.69) is 30.6 Å². The van der Waals surface area contributed by atoms with E-state index in [1.807, 2.05) is 16.8 Å². The minimum absolute atomic E-state index is 0.0114. The van der Waals surface area contributed by atoms with Gasteiger partial charge in [0.05, 0.1) is 31.6 Å². The van der Waals surface area contributed by atoms with Gasteiger partial charge in [0, 0.05) is 44.0 Å². The number of carbonyl (C=O) groups excluding carboxylic acids is 1. The topological polar surface area (TPSA) is 117 Å². The van der Waals surface area contributed by atoms with Crippen LogP contribution in [-0.4, -0.2) is 56.1 Å². The number of nitrogens with one attached hydrogen (secondary N) is 1. The van der Waals surface area contributed by atoms with Crippen LogP contribution >= 0.6 is 0 Å². The predicted molar refractivity (Wildman–Crippen MR) is 106 cm³/mol. The molecule has 1 aliphatic heterocycles. The van der Waals surface area contributed by atoms with Crippen LogP contribution in [0.2, 0.25) is 0 Å². The molecule has 0 saturated carbocycles. The summed E-state index contributed by atoms with van der Waals surface area (Å²) in [5, 5.41) is 11.6. The predicted octanol–water partition coefficient (Wildman–Crippen LogP) is 1.03. The van der Waals surface area contributed by atoms with Crippen molar-refractivity contribution in [1.29, 1.82) is 0 Å². The molecule has 1 atom stereocenters. The summed E-state index contributed by atoms with van der Waals surface area (Å²) in [5.74, 6) is 0.584. The van der Waals surface area contributed by atoms with Gasteiger partial charge in [-0.25, -0.2) is 19.6 Å². The lowest BCUT2D eigenvalue weighted by molar-refractivity contribution is -0.121. The van der Waals surface area contributed by atoms with Gasteiger partial charge in [-0.15, -0.1) is 5.10 Å². The summed E-state index contributed by atoms with van der Waals surface area (Å²) in [4.78, 5) is 24.4. The Morgan fingerprint density at radius 3 is 3.07 bits per heavy atom. The molecular formula is C20H23N7O3. The second-order valence-corrected chi connectivity index (χ2v) is 7.06. The average Bonchev–Trinajstić information content (AvgIpc) is 3.07. The molecule has 4 rings (SSSR count). The van der Waals surface area contributed by atoms with Gasteiger partial charge in [0.2, 0.25) is 11.8 Å². The molecule has 1 aliphatic rings. The van der Waals surface area contributed by atoms with Crippen molar-refractivity contribution in [2.45, 2.75) is 26.0 Å². The highest BCUT2D eigenvalue weighted by atomic mass is 16.5. The highest BCUT2D eigenvalue weighted by Gasteiger charge is 2.24. The minimum Gasteiger partial charge on any atom is -0.481 e. The molecule has 1 amide bonds. The lowest BCUT2D eigenvalue weighted by Gasteiger charge is -2.14. The van der Waals surface area contributed by atoms with E-state index in [4.69, 9.17) is 9.47 Å². The third-order valence-electron chi connectivity index (χ3n) is 4.92. The van der Waals surface area contributed by atoms with E-state index in [-0.39, 0.29) is 11.8 Å². The molecule has 10 nitrogen and oxygen atoms in total. The molecule has 0 spiro atoms. The second kappa shape index (κ2) is 9.40. The normalized spacial score (nSPS) is 15.8. The molecule has 0 unspecified atom stereocenters. The Hall–Kier alpha value is -3.40. The van der Waals surface area contributed by atoms with Crippen LogP contribution in [0.1, 0.15) is 17.7 Å². The fourth-order valence-electron chi connectivity index (χ4n) is 3.37. The third-order valence-corrected chi connectivity index (χ3v) is 4.92. The van der Waals surface area contributed by atoms with E-state index >= 15 is 0 Å². The van der Waals surface area contributed by atoms with Crippen LogP contribution in [0.15, 0.2) is 37.1 Å². The summed E-state index contributed by atoms with van der Waals surface area (Å²) in [6.45, 7) is 2.03. The molecule has 10 heteroatoms. The monoisotopic (exact) mass is 409 g/mol. The van der Waals surface area contributed by atoms with Gasteiger partial charge in [0.25, 0.3) is 0 Å². The Morgan fingerprint density at radius 2 is 2.23 bits per heavy atom. The number of hydrogen-bond acceptors (Lipinski definition) is 8. The van der Waals surface area contributed by atoms with E-state index in [9.17, 15) is 4.79 Å². The number of pyridine rings is 1. The maximum Gasteiger partial charge on any atom is 0.222 e. The molecule has 3 aromatic rings. The lowest BCUT2D eigenvalue weighted by Crippen LogP contribution is -2.33. The van der Waals surface area contributed by atoms with Crippen LogP contribution in [0.3, 0.4) is 0 Å². The number of rotatable bonds is 7. The smallest absolute Gasteiger partial charge is 0.222 e. The molecule has 3 aromatic heterocycles. The standard InChI is InChI=1S/C20H23N7O3/c1-29-20-16(3-2-6-23-20)19-17-12-30-11-15(10-27(17)26-25-19)9-24-18(28)5-4-14-7-21-13-22-8-14/h2-3,6-8,13,15H,4-5,9-12H2,1H3,(H,24,28)/t15-/m0/s1. The molecule has 4 heterocycles. The first-order valence-corrected chi connectivity index (χ1v) is 9.74. The van der Waals surface area contributed by atoms with Gasteiger partial charge >= 0.3 is 0 Å². The molecular weight excluding hydrogens is 386 g/mol. The minimum atomic E-state index is -0.0114. The number of aryl methyl sites for hydroxylation is 1. The summed E-state index contributed by atoms with van der Waals surface area (Å²) < 4.78 is 13.0. The Labute approximate surface area is 173 Å². The van der Waals surface area contributed by atoms with Crippen molar-refractivity contribution in [2.75, 3.05) is 20.3 Å². The quantitative estimate of drug-likeness (QED) is 0.615.